The van der Waals surface area contributed by atoms with Crippen molar-refractivity contribution in [2.75, 3.05) is 0 Å². The normalized spacial score (nSPS) is 23.8. The van der Waals surface area contributed by atoms with Crippen molar-refractivity contribution in [1.29, 1.82) is 0 Å². The van der Waals surface area contributed by atoms with Crippen molar-refractivity contribution in [1.82, 2.24) is 4.81 Å². The number of allylic oxidation sites excluding steroid dienone is 1. The van der Waals surface area contributed by atoms with E-state index in [9.17, 15) is 4.79 Å². The summed E-state index contributed by atoms with van der Waals surface area (Å²) in [6, 6.07) is 0.155. The van der Waals surface area contributed by atoms with Crippen LogP contribution < -0.4 is 0 Å². The van der Waals surface area contributed by atoms with E-state index in [1.165, 1.54) is 0 Å². The molecule has 1 atom stereocenters. The van der Waals surface area contributed by atoms with Gasteiger partial charge in [0, 0.05) is 11.6 Å². The average Bonchev–Trinajstić information content (AvgIpc) is 2.16. The maximum atomic E-state index is 11.6. The Labute approximate surface area is 74.4 Å². The summed E-state index contributed by atoms with van der Waals surface area (Å²) in [4.78, 5) is 13.3. The van der Waals surface area contributed by atoms with Gasteiger partial charge in [-0.15, -0.1) is 0 Å². The summed E-state index contributed by atoms with van der Waals surface area (Å²) in [5.41, 5.74) is 2.81. The molecule has 64 valence electrons. The third kappa shape index (κ3) is 1.09. The first-order valence-electron chi connectivity index (χ1n) is 4.10. The predicted molar refractivity (Wildman–Crippen MR) is 52.4 cm³/mol. The van der Waals surface area contributed by atoms with Crippen molar-refractivity contribution in [2.24, 2.45) is 0 Å². The molecule has 0 aromatic carbocycles. The molecule has 3 heteroatoms. The minimum absolute atomic E-state index is 0.104. The van der Waals surface area contributed by atoms with Crippen LogP contribution in [0.1, 0.15) is 20.8 Å². The van der Waals surface area contributed by atoms with Gasteiger partial charge in [0.15, 0.2) is 0 Å². The summed E-state index contributed by atoms with van der Waals surface area (Å²) >= 11 is 0. The topological polar surface area (TPSA) is 20.3 Å². The second kappa shape index (κ2) is 2.81. The predicted octanol–water partition coefficient (Wildman–Crippen LogP) is 0.658. The molecule has 0 bridgehead atoms. The lowest BCUT2D eigenvalue weighted by molar-refractivity contribution is -0.121. The summed E-state index contributed by atoms with van der Waals surface area (Å²) < 4.78 is 0. The molecule has 0 spiro atoms. The van der Waals surface area contributed by atoms with Gasteiger partial charge in [0.1, 0.15) is 0 Å². The van der Waals surface area contributed by atoms with Crippen molar-refractivity contribution in [3.05, 3.63) is 23.3 Å². The Morgan fingerprint density at radius 1 is 1.58 bits per heavy atom. The van der Waals surface area contributed by atoms with Crippen molar-refractivity contribution >= 4 is 13.9 Å². The Morgan fingerprint density at radius 2 is 2.08 bits per heavy atom. The lowest BCUT2D eigenvalue weighted by Gasteiger charge is -2.14. The summed E-state index contributed by atoms with van der Waals surface area (Å²) in [5, 5.41) is 0. The van der Waals surface area contributed by atoms with E-state index < -0.39 is 0 Å². The second-order valence-electron chi connectivity index (χ2n) is 3.49. The number of amides is 1. The molecule has 0 N–H and O–H groups in total. The van der Waals surface area contributed by atoms with E-state index in [-0.39, 0.29) is 11.9 Å². The SMILES string of the molecule is BN1C(=O)C(=C(C)C)C(=C)C1C. The highest BCUT2D eigenvalue weighted by Crippen LogP contribution is 2.28. The van der Waals surface area contributed by atoms with Gasteiger partial charge in [0.25, 0.3) is 0 Å². The third-order valence-corrected chi connectivity index (χ3v) is 2.44. The molecule has 1 fully saturated rings. The first-order chi connectivity index (χ1) is 5.46. The Kier molecular flexibility index (Phi) is 2.13. The molecular weight excluding hydrogens is 149 g/mol. The molecule has 1 aliphatic heterocycles. The van der Waals surface area contributed by atoms with Crippen LogP contribution in [0.15, 0.2) is 23.3 Å². The molecule has 2 nitrogen and oxygen atoms in total. The number of hydrogen-bond donors (Lipinski definition) is 0. The van der Waals surface area contributed by atoms with E-state index in [4.69, 9.17) is 0 Å². The van der Waals surface area contributed by atoms with E-state index >= 15 is 0 Å². The fraction of sp³-hybridized carbons (Fsp3) is 0.444. The van der Waals surface area contributed by atoms with Gasteiger partial charge < -0.3 is 4.81 Å². The number of rotatable bonds is 0. The zero-order chi connectivity index (χ0) is 9.46. The maximum absolute atomic E-state index is 11.6. The van der Waals surface area contributed by atoms with E-state index in [0.29, 0.717) is 0 Å². The first kappa shape index (κ1) is 9.11. The molecule has 0 aromatic heterocycles. The molecule has 0 aliphatic carbocycles. The molecule has 1 rings (SSSR count). The van der Waals surface area contributed by atoms with Crippen LogP contribution in [0.25, 0.3) is 0 Å². The average molecular weight is 163 g/mol. The number of carbonyl (C=O) groups is 1. The van der Waals surface area contributed by atoms with Crippen LogP contribution in [-0.2, 0) is 4.79 Å². The standard InChI is InChI=1S/C9H14BNO/c1-5(2)8-6(3)7(4)11(10)9(8)12/h7H,3,10H2,1-2,4H3. The molecule has 1 amide bonds. The van der Waals surface area contributed by atoms with Crippen molar-refractivity contribution < 1.29 is 4.79 Å². The molecule has 0 radical (unpaired) electrons. The van der Waals surface area contributed by atoms with E-state index in [1.54, 1.807) is 4.81 Å². The van der Waals surface area contributed by atoms with E-state index in [1.807, 2.05) is 28.8 Å². The van der Waals surface area contributed by atoms with Crippen LogP contribution in [-0.4, -0.2) is 24.7 Å². The van der Waals surface area contributed by atoms with Gasteiger partial charge in [-0.25, -0.2) is 0 Å². The van der Waals surface area contributed by atoms with Crippen LogP contribution in [0, 0.1) is 0 Å². The van der Waals surface area contributed by atoms with Crippen molar-refractivity contribution in [3.8, 4) is 0 Å². The minimum atomic E-state index is 0.104. The molecule has 1 unspecified atom stereocenters. The number of hydrogen-bond acceptors (Lipinski definition) is 1. The monoisotopic (exact) mass is 163 g/mol. The Balaban J connectivity index is 3.17. The third-order valence-electron chi connectivity index (χ3n) is 2.44. The van der Waals surface area contributed by atoms with Gasteiger partial charge in [-0.05, 0) is 26.3 Å². The van der Waals surface area contributed by atoms with E-state index in [0.717, 1.165) is 16.7 Å². The van der Waals surface area contributed by atoms with Gasteiger partial charge >= 0.3 is 0 Å². The Morgan fingerprint density at radius 3 is 2.25 bits per heavy atom. The Hall–Kier alpha value is -0.985. The summed E-state index contributed by atoms with van der Waals surface area (Å²) in [7, 11) is 1.81. The van der Waals surface area contributed by atoms with Gasteiger partial charge in [-0.1, -0.05) is 12.2 Å². The lowest BCUT2D eigenvalue weighted by Crippen LogP contribution is -2.28. The van der Waals surface area contributed by atoms with Crippen LogP contribution in [0.5, 0.6) is 0 Å². The molecule has 0 saturated carbocycles. The zero-order valence-corrected chi connectivity index (χ0v) is 8.14. The quantitative estimate of drug-likeness (QED) is 0.379. The largest absolute Gasteiger partial charge is 0.383 e. The van der Waals surface area contributed by atoms with Crippen molar-refractivity contribution in [2.45, 2.75) is 26.8 Å². The molecule has 1 aliphatic rings. The maximum Gasteiger partial charge on any atom is 0.242 e. The van der Waals surface area contributed by atoms with Gasteiger partial charge in [0.2, 0.25) is 13.9 Å². The minimum Gasteiger partial charge on any atom is -0.383 e. The Bertz CT molecular complexity index is 254. The van der Waals surface area contributed by atoms with E-state index in [2.05, 4.69) is 6.58 Å². The highest BCUT2D eigenvalue weighted by atomic mass is 16.2. The van der Waals surface area contributed by atoms with Crippen LogP contribution >= 0.6 is 0 Å². The highest BCUT2D eigenvalue weighted by molar-refractivity contribution is 6.22. The molecule has 12 heavy (non-hydrogen) atoms. The van der Waals surface area contributed by atoms with Gasteiger partial charge in [-0.3, -0.25) is 4.79 Å². The highest BCUT2D eigenvalue weighted by Gasteiger charge is 2.32. The first-order valence-corrected chi connectivity index (χ1v) is 4.10. The molecule has 1 saturated heterocycles. The smallest absolute Gasteiger partial charge is 0.242 e. The second-order valence-corrected chi connectivity index (χ2v) is 3.49. The van der Waals surface area contributed by atoms with Gasteiger partial charge in [0.05, 0.1) is 0 Å². The number of carbonyl (C=O) groups excluding carboxylic acids is 1. The van der Waals surface area contributed by atoms with Crippen LogP contribution in [0.4, 0.5) is 0 Å². The summed E-state index contributed by atoms with van der Waals surface area (Å²) in [5.74, 6) is 0.104. The lowest BCUT2D eigenvalue weighted by atomic mass is 10.0. The fourth-order valence-electron chi connectivity index (χ4n) is 1.47. The van der Waals surface area contributed by atoms with Crippen LogP contribution in [0.2, 0.25) is 0 Å². The summed E-state index contributed by atoms with van der Waals surface area (Å²) in [6.45, 7) is 9.81. The van der Waals surface area contributed by atoms with Gasteiger partial charge in [-0.2, -0.15) is 0 Å². The van der Waals surface area contributed by atoms with Crippen molar-refractivity contribution in [3.63, 3.8) is 0 Å². The molecule has 1 heterocycles. The number of nitrogens with zero attached hydrogens (tertiary/aromatic N) is 1. The molecule has 0 aromatic rings. The van der Waals surface area contributed by atoms with Crippen LogP contribution in [0.3, 0.4) is 0 Å². The fourth-order valence-corrected chi connectivity index (χ4v) is 1.47. The molecular formula is C9H14BNO. The zero-order valence-electron chi connectivity index (χ0n) is 8.14. The summed E-state index contributed by atoms with van der Waals surface area (Å²) in [6.07, 6.45) is 0.